The van der Waals surface area contributed by atoms with Crippen LogP contribution in [0.1, 0.15) is 45.6 Å². The fourth-order valence-electron chi connectivity index (χ4n) is 2.54. The van der Waals surface area contributed by atoms with E-state index in [1.165, 1.54) is 37.9 Å². The summed E-state index contributed by atoms with van der Waals surface area (Å²) in [5.41, 5.74) is 1.55. The molecule has 0 bridgehead atoms. The van der Waals surface area contributed by atoms with E-state index < -0.39 is 0 Å². The van der Waals surface area contributed by atoms with Crippen molar-refractivity contribution in [3.63, 3.8) is 0 Å². The van der Waals surface area contributed by atoms with Gasteiger partial charge in [-0.15, -0.1) is 0 Å². The molecule has 1 aromatic rings. The number of likely N-dealkylation sites (tertiary alicyclic amines) is 1. The molecule has 1 fully saturated rings. The lowest BCUT2D eigenvalue weighted by Crippen LogP contribution is -2.30. The van der Waals surface area contributed by atoms with Gasteiger partial charge < -0.3 is 4.90 Å². The molecule has 0 aromatic carbocycles. The molecule has 0 radical (unpaired) electrons. The van der Waals surface area contributed by atoms with E-state index in [1.807, 2.05) is 6.20 Å². The molecule has 3 heteroatoms. The second-order valence-electron chi connectivity index (χ2n) is 6.78. The largest absolute Gasteiger partial charge is 0.306 e. The van der Waals surface area contributed by atoms with Crippen LogP contribution in [-0.2, 0) is 12.0 Å². The van der Waals surface area contributed by atoms with Crippen molar-refractivity contribution in [1.82, 2.24) is 14.7 Å². The first-order valence-electron chi connectivity index (χ1n) is 7.16. The molecule has 0 saturated carbocycles. The van der Waals surface area contributed by atoms with Gasteiger partial charge in [-0.05, 0) is 56.3 Å². The lowest BCUT2D eigenvalue weighted by molar-refractivity contribution is 0.206. The molecule has 0 amide bonds. The Morgan fingerprint density at radius 3 is 2.50 bits per heavy atom. The fraction of sp³-hybridized carbons (Fsp3) is 0.800. The van der Waals surface area contributed by atoms with Gasteiger partial charge in [-0.25, -0.2) is 0 Å². The first kappa shape index (κ1) is 13.6. The van der Waals surface area contributed by atoms with Gasteiger partial charge in [0.25, 0.3) is 0 Å². The molecule has 1 aliphatic heterocycles. The minimum Gasteiger partial charge on any atom is -0.306 e. The monoisotopic (exact) mass is 249 g/mol. The number of piperidine rings is 1. The topological polar surface area (TPSA) is 21.1 Å². The van der Waals surface area contributed by atoms with Crippen molar-refractivity contribution in [1.29, 1.82) is 0 Å². The van der Waals surface area contributed by atoms with Crippen LogP contribution in [0.2, 0.25) is 0 Å². The highest BCUT2D eigenvalue weighted by Crippen LogP contribution is 2.23. The SMILES string of the molecule is CN1CCC(CCn2cc(C(C)(C)C)cn2)CC1. The number of aryl methyl sites for hydroxylation is 1. The summed E-state index contributed by atoms with van der Waals surface area (Å²) in [5.74, 6) is 0.892. The third-order valence-electron chi connectivity index (χ3n) is 4.10. The van der Waals surface area contributed by atoms with Crippen molar-refractivity contribution in [2.45, 2.75) is 52.0 Å². The molecule has 0 unspecified atom stereocenters. The second kappa shape index (κ2) is 5.43. The van der Waals surface area contributed by atoms with Crippen LogP contribution in [0.4, 0.5) is 0 Å². The maximum atomic E-state index is 4.49. The van der Waals surface area contributed by atoms with Crippen LogP contribution in [0, 0.1) is 5.92 Å². The highest BCUT2D eigenvalue weighted by atomic mass is 15.3. The molecular weight excluding hydrogens is 222 g/mol. The average molecular weight is 249 g/mol. The molecule has 18 heavy (non-hydrogen) atoms. The first-order chi connectivity index (χ1) is 8.45. The first-order valence-corrected chi connectivity index (χ1v) is 7.16. The third-order valence-corrected chi connectivity index (χ3v) is 4.10. The predicted molar refractivity (Wildman–Crippen MR) is 75.8 cm³/mol. The Hall–Kier alpha value is -0.830. The summed E-state index contributed by atoms with van der Waals surface area (Å²) in [6, 6.07) is 0. The molecule has 102 valence electrons. The third kappa shape index (κ3) is 3.58. The van der Waals surface area contributed by atoms with E-state index in [0.717, 1.165) is 12.5 Å². The maximum Gasteiger partial charge on any atom is 0.0527 e. The number of hydrogen-bond acceptors (Lipinski definition) is 2. The summed E-state index contributed by atoms with van der Waals surface area (Å²) in [6.07, 6.45) is 8.22. The highest BCUT2D eigenvalue weighted by Gasteiger charge is 2.18. The molecule has 2 heterocycles. The van der Waals surface area contributed by atoms with Gasteiger partial charge in [0.2, 0.25) is 0 Å². The summed E-state index contributed by atoms with van der Waals surface area (Å²) in [4.78, 5) is 2.43. The van der Waals surface area contributed by atoms with Gasteiger partial charge >= 0.3 is 0 Å². The Bertz CT molecular complexity index is 367. The molecule has 0 spiro atoms. The summed E-state index contributed by atoms with van der Waals surface area (Å²) >= 11 is 0. The number of hydrogen-bond donors (Lipinski definition) is 0. The van der Waals surface area contributed by atoms with E-state index in [2.05, 4.69) is 48.7 Å². The molecule has 1 aliphatic rings. The molecule has 3 nitrogen and oxygen atoms in total. The average Bonchev–Trinajstić information content (AvgIpc) is 2.77. The van der Waals surface area contributed by atoms with Crippen LogP contribution < -0.4 is 0 Å². The summed E-state index contributed by atoms with van der Waals surface area (Å²) in [6.45, 7) is 10.3. The van der Waals surface area contributed by atoms with E-state index in [1.54, 1.807) is 0 Å². The van der Waals surface area contributed by atoms with Crippen molar-refractivity contribution < 1.29 is 0 Å². The maximum absolute atomic E-state index is 4.49. The van der Waals surface area contributed by atoms with Crippen molar-refractivity contribution in [3.05, 3.63) is 18.0 Å². The van der Waals surface area contributed by atoms with Crippen LogP contribution in [0.3, 0.4) is 0 Å². The number of nitrogens with zero attached hydrogens (tertiary/aromatic N) is 3. The molecule has 0 atom stereocenters. The van der Waals surface area contributed by atoms with Crippen LogP contribution in [0.25, 0.3) is 0 Å². The minimum absolute atomic E-state index is 0.214. The van der Waals surface area contributed by atoms with Crippen LogP contribution in [-0.4, -0.2) is 34.8 Å². The van der Waals surface area contributed by atoms with E-state index >= 15 is 0 Å². The smallest absolute Gasteiger partial charge is 0.0527 e. The molecule has 2 rings (SSSR count). The minimum atomic E-state index is 0.214. The predicted octanol–water partition coefficient (Wildman–Crippen LogP) is 2.91. The van der Waals surface area contributed by atoms with E-state index in [9.17, 15) is 0 Å². The molecule has 0 aliphatic carbocycles. The zero-order chi connectivity index (χ0) is 13.2. The molecule has 0 N–H and O–H groups in total. The van der Waals surface area contributed by atoms with Crippen LogP contribution >= 0.6 is 0 Å². The lowest BCUT2D eigenvalue weighted by Gasteiger charge is -2.28. The van der Waals surface area contributed by atoms with E-state index in [-0.39, 0.29) is 5.41 Å². The molecule has 1 aromatic heterocycles. The van der Waals surface area contributed by atoms with Gasteiger partial charge in [-0.3, -0.25) is 4.68 Å². The van der Waals surface area contributed by atoms with Gasteiger partial charge in [0.15, 0.2) is 0 Å². The van der Waals surface area contributed by atoms with E-state index in [4.69, 9.17) is 0 Å². The highest BCUT2D eigenvalue weighted by molar-refractivity contribution is 5.14. The fourth-order valence-corrected chi connectivity index (χ4v) is 2.54. The van der Waals surface area contributed by atoms with Crippen molar-refractivity contribution in [3.8, 4) is 0 Å². The summed E-state index contributed by atoms with van der Waals surface area (Å²) in [7, 11) is 2.22. The van der Waals surface area contributed by atoms with Gasteiger partial charge in [0, 0.05) is 12.7 Å². The quantitative estimate of drug-likeness (QED) is 0.821. The van der Waals surface area contributed by atoms with Crippen LogP contribution in [0.5, 0.6) is 0 Å². The Labute approximate surface area is 111 Å². The Balaban J connectivity index is 1.82. The second-order valence-corrected chi connectivity index (χ2v) is 6.78. The van der Waals surface area contributed by atoms with Crippen molar-refractivity contribution in [2.24, 2.45) is 5.92 Å². The zero-order valence-electron chi connectivity index (χ0n) is 12.3. The van der Waals surface area contributed by atoms with E-state index in [0.29, 0.717) is 0 Å². The Morgan fingerprint density at radius 1 is 1.28 bits per heavy atom. The van der Waals surface area contributed by atoms with Crippen molar-refractivity contribution in [2.75, 3.05) is 20.1 Å². The van der Waals surface area contributed by atoms with Gasteiger partial charge in [-0.1, -0.05) is 20.8 Å². The summed E-state index contributed by atoms with van der Waals surface area (Å²) < 4.78 is 2.12. The zero-order valence-corrected chi connectivity index (χ0v) is 12.3. The van der Waals surface area contributed by atoms with Gasteiger partial charge in [-0.2, -0.15) is 5.10 Å². The van der Waals surface area contributed by atoms with Crippen LogP contribution in [0.15, 0.2) is 12.4 Å². The Kier molecular flexibility index (Phi) is 4.10. The number of aromatic nitrogens is 2. The number of rotatable bonds is 3. The van der Waals surface area contributed by atoms with Crippen molar-refractivity contribution >= 4 is 0 Å². The van der Waals surface area contributed by atoms with Gasteiger partial charge in [0.1, 0.15) is 0 Å². The molecule has 1 saturated heterocycles. The lowest BCUT2D eigenvalue weighted by atomic mass is 9.90. The van der Waals surface area contributed by atoms with Gasteiger partial charge in [0.05, 0.1) is 6.20 Å². The normalized spacial score (nSPS) is 19.3. The Morgan fingerprint density at radius 2 is 1.94 bits per heavy atom. The summed E-state index contributed by atoms with van der Waals surface area (Å²) in [5, 5.41) is 4.49. The standard InChI is InChI=1S/C15H27N3/c1-15(2,3)14-11-16-18(12-14)10-7-13-5-8-17(4)9-6-13/h11-13H,5-10H2,1-4H3. The molecular formula is C15H27N3.